The molecule has 2 aromatic carbocycles. The number of aromatic nitrogens is 5. The molecule has 4 rings (SSSR count). The average molecular weight is 442 g/mol. The number of amides is 1. The molecule has 2 aromatic heterocycles. The van der Waals surface area contributed by atoms with Gasteiger partial charge in [-0.3, -0.25) is 9.59 Å². The number of halogens is 3. The monoisotopic (exact) mass is 442 g/mol. The Kier molecular flexibility index (Phi) is 5.47. The number of para-hydroxylation sites is 2. The normalized spacial score (nSPS) is 11.6. The summed E-state index contributed by atoms with van der Waals surface area (Å²) in [6.45, 7) is 1.96. The van der Waals surface area contributed by atoms with Gasteiger partial charge in [-0.25, -0.2) is 9.67 Å². The van der Waals surface area contributed by atoms with Gasteiger partial charge in [0.05, 0.1) is 34.9 Å². The summed E-state index contributed by atoms with van der Waals surface area (Å²) < 4.78 is 40.8. The van der Waals surface area contributed by atoms with Crippen LogP contribution < -0.4 is 5.56 Å². The number of carbonyl (C=O) groups excluding carboxylic acids is 1. The van der Waals surface area contributed by atoms with Gasteiger partial charge < -0.3 is 9.88 Å². The summed E-state index contributed by atoms with van der Waals surface area (Å²) in [5.74, 6) is -0.280. The van der Waals surface area contributed by atoms with Crippen molar-refractivity contribution >= 4 is 16.8 Å². The van der Waals surface area contributed by atoms with Crippen molar-refractivity contribution < 1.29 is 18.0 Å². The summed E-state index contributed by atoms with van der Waals surface area (Å²) in [6, 6.07) is 11.7. The van der Waals surface area contributed by atoms with E-state index in [4.69, 9.17) is 0 Å². The third-order valence-corrected chi connectivity index (χ3v) is 4.84. The van der Waals surface area contributed by atoms with E-state index in [2.05, 4.69) is 20.3 Å². The Hall–Kier alpha value is -4.02. The van der Waals surface area contributed by atoms with Gasteiger partial charge >= 0.3 is 6.18 Å². The summed E-state index contributed by atoms with van der Waals surface area (Å²) in [4.78, 5) is 33.6. The Labute approximate surface area is 179 Å². The van der Waals surface area contributed by atoms with Crippen molar-refractivity contribution in [2.75, 3.05) is 6.54 Å². The highest BCUT2D eigenvalue weighted by Crippen LogP contribution is 2.33. The summed E-state index contributed by atoms with van der Waals surface area (Å²) in [6.07, 6.45) is -3.44. The molecule has 0 aliphatic rings. The van der Waals surface area contributed by atoms with Crippen molar-refractivity contribution in [1.82, 2.24) is 29.9 Å². The Morgan fingerprint density at radius 2 is 1.84 bits per heavy atom. The van der Waals surface area contributed by atoms with Crippen molar-refractivity contribution in [2.24, 2.45) is 0 Å². The van der Waals surface area contributed by atoms with Gasteiger partial charge in [-0.2, -0.15) is 13.2 Å². The molecule has 2 heterocycles. The lowest BCUT2D eigenvalue weighted by molar-refractivity contribution is -0.137. The van der Waals surface area contributed by atoms with E-state index >= 15 is 0 Å². The van der Waals surface area contributed by atoms with Crippen molar-refractivity contribution in [2.45, 2.75) is 19.6 Å². The molecule has 0 aliphatic heterocycles. The van der Waals surface area contributed by atoms with E-state index in [-0.39, 0.29) is 35.9 Å². The van der Waals surface area contributed by atoms with E-state index in [1.807, 2.05) is 0 Å². The third-order valence-electron chi connectivity index (χ3n) is 4.84. The molecule has 0 unspecified atom stereocenters. The lowest BCUT2D eigenvalue weighted by Gasteiger charge is -2.19. The minimum Gasteiger partial charge on any atom is -0.330 e. The predicted molar refractivity (Wildman–Crippen MR) is 109 cm³/mol. The molecule has 1 amide bonds. The molecule has 8 nitrogen and oxygen atoms in total. The summed E-state index contributed by atoms with van der Waals surface area (Å²) in [5, 5.41) is 7.89. The molecule has 0 radical (unpaired) electrons. The number of benzene rings is 2. The van der Waals surface area contributed by atoms with Gasteiger partial charge in [-0.05, 0) is 31.2 Å². The van der Waals surface area contributed by atoms with Gasteiger partial charge in [0.1, 0.15) is 5.82 Å². The SMILES string of the molecule is CCN(Cc1nc2ccccc2c(=O)[nH]1)C(=O)c1cn(-c2ccccc2C(F)(F)F)nn1. The van der Waals surface area contributed by atoms with Crippen LogP contribution in [0.2, 0.25) is 0 Å². The van der Waals surface area contributed by atoms with Crippen LogP contribution in [0.5, 0.6) is 0 Å². The van der Waals surface area contributed by atoms with Gasteiger partial charge in [-0.15, -0.1) is 5.10 Å². The second-order valence-electron chi connectivity index (χ2n) is 6.91. The topological polar surface area (TPSA) is 96.8 Å². The van der Waals surface area contributed by atoms with Crippen LogP contribution in [0.25, 0.3) is 16.6 Å². The number of hydrogen-bond donors (Lipinski definition) is 1. The first kappa shape index (κ1) is 21.2. The van der Waals surface area contributed by atoms with Crippen LogP contribution in [-0.2, 0) is 12.7 Å². The smallest absolute Gasteiger partial charge is 0.330 e. The highest BCUT2D eigenvalue weighted by molar-refractivity contribution is 5.92. The van der Waals surface area contributed by atoms with Crippen molar-refractivity contribution in [3.05, 3.63) is 82.2 Å². The number of alkyl halides is 3. The fourth-order valence-corrected chi connectivity index (χ4v) is 3.27. The van der Waals surface area contributed by atoms with Crippen LogP contribution in [0.1, 0.15) is 28.8 Å². The number of aromatic amines is 1. The number of carbonyl (C=O) groups is 1. The van der Waals surface area contributed by atoms with Crippen LogP contribution in [0, 0.1) is 0 Å². The molecule has 11 heteroatoms. The van der Waals surface area contributed by atoms with Crippen LogP contribution in [0.4, 0.5) is 13.2 Å². The molecule has 0 saturated carbocycles. The van der Waals surface area contributed by atoms with Gasteiger partial charge in [0.15, 0.2) is 5.69 Å². The molecule has 0 spiro atoms. The largest absolute Gasteiger partial charge is 0.418 e. The summed E-state index contributed by atoms with van der Waals surface area (Å²) in [7, 11) is 0. The van der Waals surface area contributed by atoms with E-state index in [9.17, 15) is 22.8 Å². The zero-order valence-corrected chi connectivity index (χ0v) is 16.8. The number of hydrogen-bond acceptors (Lipinski definition) is 5. The van der Waals surface area contributed by atoms with Crippen LogP contribution in [0.15, 0.2) is 59.5 Å². The maximum atomic E-state index is 13.3. The molecule has 4 aromatic rings. The zero-order chi connectivity index (χ0) is 22.9. The lowest BCUT2D eigenvalue weighted by Crippen LogP contribution is -2.32. The molecule has 1 N–H and O–H groups in total. The van der Waals surface area contributed by atoms with Crippen molar-refractivity contribution in [1.29, 1.82) is 0 Å². The van der Waals surface area contributed by atoms with Crippen molar-refractivity contribution in [3.63, 3.8) is 0 Å². The summed E-state index contributed by atoms with van der Waals surface area (Å²) in [5.41, 5.74) is -1.11. The van der Waals surface area contributed by atoms with E-state index < -0.39 is 17.6 Å². The highest BCUT2D eigenvalue weighted by Gasteiger charge is 2.34. The lowest BCUT2D eigenvalue weighted by atomic mass is 10.1. The Bertz CT molecular complexity index is 1350. The Morgan fingerprint density at radius 3 is 2.59 bits per heavy atom. The van der Waals surface area contributed by atoms with Crippen LogP contribution in [0.3, 0.4) is 0 Å². The number of fused-ring (bicyclic) bond motifs is 1. The number of nitrogens with zero attached hydrogens (tertiary/aromatic N) is 5. The molecule has 0 atom stereocenters. The maximum Gasteiger partial charge on any atom is 0.418 e. The quantitative estimate of drug-likeness (QED) is 0.512. The molecule has 0 fully saturated rings. The van der Waals surface area contributed by atoms with Gasteiger partial charge in [0.25, 0.3) is 11.5 Å². The highest BCUT2D eigenvalue weighted by atomic mass is 19.4. The predicted octanol–water partition coefficient (Wildman–Crippen LogP) is 3.18. The van der Waals surface area contributed by atoms with Crippen molar-refractivity contribution in [3.8, 4) is 5.69 Å². The average Bonchev–Trinajstić information content (AvgIpc) is 3.27. The van der Waals surface area contributed by atoms with Gasteiger partial charge in [0, 0.05) is 6.54 Å². The minimum atomic E-state index is -4.59. The van der Waals surface area contributed by atoms with Gasteiger partial charge in [-0.1, -0.05) is 29.5 Å². The molecule has 32 heavy (non-hydrogen) atoms. The number of H-pyrrole nitrogens is 1. The maximum absolute atomic E-state index is 13.3. The minimum absolute atomic E-state index is 0.0125. The summed E-state index contributed by atoms with van der Waals surface area (Å²) >= 11 is 0. The standard InChI is InChI=1S/C21H17F3N6O2/c1-2-29(12-18-25-15-9-5-3-7-13(15)19(31)26-18)20(32)16-11-30(28-27-16)17-10-6-4-8-14(17)21(22,23)24/h3-11H,2,12H2,1H3,(H,25,26,31). The third kappa shape index (κ3) is 4.09. The van der Waals surface area contributed by atoms with E-state index in [1.165, 1.54) is 23.1 Å². The molecular formula is C21H17F3N6O2. The second-order valence-corrected chi connectivity index (χ2v) is 6.91. The van der Waals surface area contributed by atoms with Gasteiger partial charge in [0.2, 0.25) is 0 Å². The molecular weight excluding hydrogens is 425 g/mol. The van der Waals surface area contributed by atoms with Crippen LogP contribution in [-0.4, -0.2) is 42.3 Å². The second kappa shape index (κ2) is 8.25. The van der Waals surface area contributed by atoms with E-state index in [0.29, 0.717) is 10.9 Å². The number of nitrogens with one attached hydrogen (secondary N) is 1. The first-order chi connectivity index (χ1) is 15.3. The molecule has 0 saturated heterocycles. The fourth-order valence-electron chi connectivity index (χ4n) is 3.27. The van der Waals surface area contributed by atoms with E-state index in [1.54, 1.807) is 31.2 Å². The fraction of sp³-hybridized carbons (Fsp3) is 0.190. The zero-order valence-electron chi connectivity index (χ0n) is 16.8. The first-order valence-electron chi connectivity index (χ1n) is 9.64. The molecule has 0 bridgehead atoms. The Balaban J connectivity index is 1.61. The number of rotatable bonds is 5. The molecule has 164 valence electrons. The first-order valence-corrected chi connectivity index (χ1v) is 9.64. The molecule has 0 aliphatic carbocycles. The van der Waals surface area contributed by atoms with Crippen LogP contribution >= 0.6 is 0 Å². The Morgan fingerprint density at radius 1 is 1.12 bits per heavy atom. The van der Waals surface area contributed by atoms with E-state index in [0.717, 1.165) is 16.9 Å².